The van der Waals surface area contributed by atoms with Gasteiger partial charge in [0.25, 0.3) is 0 Å². The Kier molecular flexibility index (Phi) is 3.91. The van der Waals surface area contributed by atoms with Gasteiger partial charge in [0.1, 0.15) is 0 Å². The second-order valence-corrected chi connectivity index (χ2v) is 6.05. The fourth-order valence-electron chi connectivity index (χ4n) is 2.62. The molecule has 1 saturated carbocycles. The van der Waals surface area contributed by atoms with Crippen LogP contribution < -0.4 is 5.32 Å². The van der Waals surface area contributed by atoms with Gasteiger partial charge in [0.05, 0.1) is 0 Å². The highest BCUT2D eigenvalue weighted by molar-refractivity contribution is 9.10. The van der Waals surface area contributed by atoms with E-state index in [9.17, 15) is 0 Å². The molecule has 16 heavy (non-hydrogen) atoms. The Bertz CT molecular complexity index is 342. The van der Waals surface area contributed by atoms with Gasteiger partial charge < -0.3 is 5.32 Å². The van der Waals surface area contributed by atoms with Crippen molar-refractivity contribution >= 4 is 21.6 Å². The van der Waals surface area contributed by atoms with Crippen LogP contribution in [0.4, 0.5) is 5.69 Å². The number of nitrogens with one attached hydrogen (secondary N) is 1. The zero-order chi connectivity index (χ0) is 11.5. The van der Waals surface area contributed by atoms with Crippen molar-refractivity contribution in [1.29, 1.82) is 0 Å². The van der Waals surface area contributed by atoms with Crippen LogP contribution in [-0.4, -0.2) is 6.04 Å². The number of benzene rings is 1. The first kappa shape index (κ1) is 12.0. The van der Waals surface area contributed by atoms with Gasteiger partial charge in [-0.1, -0.05) is 35.7 Å². The molecule has 0 spiro atoms. The van der Waals surface area contributed by atoms with Gasteiger partial charge in [-0.2, -0.15) is 0 Å². The van der Waals surface area contributed by atoms with E-state index in [1.807, 2.05) is 0 Å². The average Bonchev–Trinajstić information content (AvgIpc) is 2.15. The molecule has 2 heteroatoms. The van der Waals surface area contributed by atoms with Gasteiger partial charge >= 0.3 is 0 Å². The van der Waals surface area contributed by atoms with Crippen molar-refractivity contribution in [2.75, 3.05) is 5.32 Å². The first-order valence-electron chi connectivity index (χ1n) is 6.17. The molecule has 1 aromatic carbocycles. The summed E-state index contributed by atoms with van der Waals surface area (Å²) in [6, 6.07) is 7.21. The predicted octanol–water partition coefficient (Wildman–Crippen LogP) is 4.75. The van der Waals surface area contributed by atoms with Crippen LogP contribution in [0.25, 0.3) is 0 Å². The summed E-state index contributed by atoms with van der Waals surface area (Å²) in [6.45, 7) is 4.50. The van der Waals surface area contributed by atoms with Crippen molar-refractivity contribution in [3.05, 3.63) is 28.2 Å². The van der Waals surface area contributed by atoms with Gasteiger partial charge in [-0.05, 0) is 49.4 Å². The largest absolute Gasteiger partial charge is 0.382 e. The van der Waals surface area contributed by atoms with Crippen molar-refractivity contribution in [3.63, 3.8) is 0 Å². The zero-order valence-corrected chi connectivity index (χ0v) is 11.7. The van der Waals surface area contributed by atoms with Crippen LogP contribution in [0.1, 0.15) is 38.2 Å². The third-order valence-electron chi connectivity index (χ3n) is 3.35. The molecule has 2 atom stereocenters. The third-order valence-corrected chi connectivity index (χ3v) is 3.81. The normalized spacial score (nSPS) is 25.4. The van der Waals surface area contributed by atoms with Crippen LogP contribution in [0.15, 0.2) is 22.7 Å². The van der Waals surface area contributed by atoms with E-state index in [4.69, 9.17) is 0 Å². The maximum atomic E-state index is 3.66. The summed E-state index contributed by atoms with van der Waals surface area (Å²) >= 11 is 3.55. The molecule has 88 valence electrons. The molecule has 0 aromatic heterocycles. The smallest absolute Gasteiger partial charge is 0.0356 e. The summed E-state index contributed by atoms with van der Waals surface area (Å²) in [6.07, 6.45) is 5.39. The lowest BCUT2D eigenvalue weighted by molar-refractivity contribution is 0.358. The minimum absolute atomic E-state index is 0.664. The van der Waals surface area contributed by atoms with E-state index in [0.717, 1.165) is 5.92 Å². The predicted molar refractivity (Wildman–Crippen MR) is 73.9 cm³/mol. The maximum absolute atomic E-state index is 3.66. The number of halogens is 1. The van der Waals surface area contributed by atoms with E-state index in [1.54, 1.807) is 0 Å². The number of rotatable bonds is 2. The second-order valence-electron chi connectivity index (χ2n) is 5.13. The molecule has 0 radical (unpaired) electrons. The van der Waals surface area contributed by atoms with Gasteiger partial charge in [-0.3, -0.25) is 0 Å². The van der Waals surface area contributed by atoms with E-state index in [1.165, 1.54) is 41.4 Å². The van der Waals surface area contributed by atoms with Crippen LogP contribution in [0.3, 0.4) is 0 Å². The van der Waals surface area contributed by atoms with E-state index in [2.05, 4.69) is 53.3 Å². The van der Waals surface area contributed by atoms with Crippen LogP contribution in [0.5, 0.6) is 0 Å². The quantitative estimate of drug-likeness (QED) is 0.825. The molecule has 1 fully saturated rings. The van der Waals surface area contributed by atoms with Crippen molar-refractivity contribution in [3.8, 4) is 0 Å². The SMILES string of the molecule is Cc1cc(Br)cc(NC2CCCC(C)C2)c1. The molecular weight excluding hydrogens is 262 g/mol. The molecule has 1 aliphatic carbocycles. The van der Waals surface area contributed by atoms with Gasteiger partial charge in [0.15, 0.2) is 0 Å². The highest BCUT2D eigenvalue weighted by atomic mass is 79.9. The first-order valence-corrected chi connectivity index (χ1v) is 6.96. The molecule has 2 unspecified atom stereocenters. The van der Waals surface area contributed by atoms with Crippen LogP contribution in [-0.2, 0) is 0 Å². The summed E-state index contributed by atoms with van der Waals surface area (Å²) in [5, 5.41) is 3.66. The van der Waals surface area contributed by atoms with Crippen molar-refractivity contribution in [2.45, 2.75) is 45.6 Å². The maximum Gasteiger partial charge on any atom is 0.0356 e. The third kappa shape index (κ3) is 3.24. The molecule has 0 heterocycles. The highest BCUT2D eigenvalue weighted by Gasteiger charge is 2.18. The molecule has 0 saturated heterocycles. The average molecular weight is 282 g/mol. The lowest BCUT2D eigenvalue weighted by Gasteiger charge is -2.28. The van der Waals surface area contributed by atoms with Gasteiger partial charge in [0.2, 0.25) is 0 Å². The number of hydrogen-bond acceptors (Lipinski definition) is 1. The van der Waals surface area contributed by atoms with Crippen LogP contribution >= 0.6 is 15.9 Å². The standard InChI is InChI=1S/C14H20BrN/c1-10-4-3-5-13(7-10)16-14-8-11(2)6-12(15)9-14/h6,8-10,13,16H,3-5,7H2,1-2H3. The lowest BCUT2D eigenvalue weighted by Crippen LogP contribution is -2.26. The van der Waals surface area contributed by atoms with Gasteiger partial charge in [-0.25, -0.2) is 0 Å². The van der Waals surface area contributed by atoms with Crippen molar-refractivity contribution in [2.24, 2.45) is 5.92 Å². The Balaban J connectivity index is 2.02. The van der Waals surface area contributed by atoms with Gasteiger partial charge in [0, 0.05) is 16.2 Å². The molecule has 0 aliphatic heterocycles. The molecule has 2 rings (SSSR count). The van der Waals surface area contributed by atoms with Crippen LogP contribution in [0, 0.1) is 12.8 Å². The molecular formula is C14H20BrN. The Hall–Kier alpha value is -0.500. The van der Waals surface area contributed by atoms with Gasteiger partial charge in [-0.15, -0.1) is 0 Å². The molecule has 1 aromatic rings. The number of aryl methyl sites for hydroxylation is 1. The van der Waals surface area contributed by atoms with Crippen LogP contribution in [0.2, 0.25) is 0 Å². The topological polar surface area (TPSA) is 12.0 Å². The summed E-state index contributed by atoms with van der Waals surface area (Å²) in [7, 11) is 0. The summed E-state index contributed by atoms with van der Waals surface area (Å²) in [4.78, 5) is 0. The van der Waals surface area contributed by atoms with E-state index < -0.39 is 0 Å². The Labute approximate surface area is 107 Å². The molecule has 0 amide bonds. The van der Waals surface area contributed by atoms with Crippen molar-refractivity contribution < 1.29 is 0 Å². The van der Waals surface area contributed by atoms with E-state index in [-0.39, 0.29) is 0 Å². The number of hydrogen-bond donors (Lipinski definition) is 1. The van der Waals surface area contributed by atoms with E-state index >= 15 is 0 Å². The van der Waals surface area contributed by atoms with Crippen molar-refractivity contribution in [1.82, 2.24) is 0 Å². The monoisotopic (exact) mass is 281 g/mol. The number of anilines is 1. The molecule has 1 N–H and O–H groups in total. The fourth-order valence-corrected chi connectivity index (χ4v) is 3.23. The highest BCUT2D eigenvalue weighted by Crippen LogP contribution is 2.27. The summed E-state index contributed by atoms with van der Waals surface area (Å²) < 4.78 is 1.17. The second kappa shape index (κ2) is 5.22. The molecule has 1 aliphatic rings. The Morgan fingerprint density at radius 3 is 2.75 bits per heavy atom. The molecule has 1 nitrogen and oxygen atoms in total. The first-order chi connectivity index (χ1) is 7.63. The summed E-state index contributed by atoms with van der Waals surface area (Å²) in [5.41, 5.74) is 2.56. The van der Waals surface area contributed by atoms with E-state index in [0.29, 0.717) is 6.04 Å². The Morgan fingerprint density at radius 1 is 1.25 bits per heavy atom. The lowest BCUT2D eigenvalue weighted by atomic mass is 9.87. The summed E-state index contributed by atoms with van der Waals surface area (Å²) in [5.74, 6) is 0.875. The molecule has 0 bridgehead atoms. The minimum atomic E-state index is 0.664. The zero-order valence-electron chi connectivity index (χ0n) is 10.1. The Morgan fingerprint density at radius 2 is 2.06 bits per heavy atom. The minimum Gasteiger partial charge on any atom is -0.382 e. The fraction of sp³-hybridized carbons (Fsp3) is 0.571.